The molecule has 4 rings (SSSR count). The van der Waals surface area contributed by atoms with Gasteiger partial charge in [-0.05, 0) is 30.3 Å². The standard InChI is InChI=1S/C21H16ClN3O2/c22-17-9-3-1-7-15(17)13-27-20-12-6-2-8-16(20)21(26)24-25-14-23-18-10-4-5-11-19(18)25/h1-12,14H,13H2,(H,24,26). The average Bonchev–Trinajstić information content (AvgIpc) is 3.10. The van der Waals surface area contributed by atoms with E-state index in [2.05, 4.69) is 10.4 Å². The maximum atomic E-state index is 12.8. The molecule has 0 aliphatic heterocycles. The lowest BCUT2D eigenvalue weighted by Crippen LogP contribution is -2.22. The average molecular weight is 378 g/mol. The summed E-state index contributed by atoms with van der Waals surface area (Å²) >= 11 is 6.17. The Morgan fingerprint density at radius 2 is 1.74 bits per heavy atom. The van der Waals surface area contributed by atoms with Crippen LogP contribution in [0.25, 0.3) is 11.0 Å². The summed E-state index contributed by atoms with van der Waals surface area (Å²) in [7, 11) is 0. The number of imidazole rings is 1. The molecule has 1 N–H and O–H groups in total. The van der Waals surface area contributed by atoms with Crippen LogP contribution < -0.4 is 10.2 Å². The van der Waals surface area contributed by atoms with E-state index in [1.165, 1.54) is 0 Å². The second kappa shape index (κ2) is 7.51. The number of aromatic nitrogens is 2. The minimum Gasteiger partial charge on any atom is -0.488 e. The van der Waals surface area contributed by atoms with E-state index < -0.39 is 0 Å². The number of carbonyl (C=O) groups is 1. The summed E-state index contributed by atoms with van der Waals surface area (Å²) in [5, 5.41) is 0.629. The van der Waals surface area contributed by atoms with Crippen molar-refractivity contribution in [3.8, 4) is 5.75 Å². The van der Waals surface area contributed by atoms with Gasteiger partial charge >= 0.3 is 0 Å². The number of benzene rings is 3. The lowest BCUT2D eigenvalue weighted by Gasteiger charge is -2.13. The van der Waals surface area contributed by atoms with E-state index in [4.69, 9.17) is 16.3 Å². The van der Waals surface area contributed by atoms with Crippen LogP contribution in [0.2, 0.25) is 5.02 Å². The van der Waals surface area contributed by atoms with Gasteiger partial charge in [0.2, 0.25) is 0 Å². The van der Waals surface area contributed by atoms with E-state index in [1.54, 1.807) is 29.2 Å². The fraction of sp³-hybridized carbons (Fsp3) is 0.0476. The second-order valence-electron chi connectivity index (χ2n) is 5.92. The number of amides is 1. The highest BCUT2D eigenvalue weighted by atomic mass is 35.5. The Morgan fingerprint density at radius 3 is 2.63 bits per heavy atom. The molecule has 3 aromatic carbocycles. The Morgan fingerprint density at radius 1 is 1.00 bits per heavy atom. The number of carbonyl (C=O) groups excluding carboxylic acids is 1. The molecule has 0 bridgehead atoms. The van der Waals surface area contributed by atoms with Crippen molar-refractivity contribution in [2.45, 2.75) is 6.61 Å². The second-order valence-corrected chi connectivity index (χ2v) is 6.33. The highest BCUT2D eigenvalue weighted by Crippen LogP contribution is 2.22. The van der Waals surface area contributed by atoms with E-state index in [1.807, 2.05) is 54.6 Å². The molecule has 0 radical (unpaired) electrons. The molecule has 0 saturated carbocycles. The van der Waals surface area contributed by atoms with E-state index in [0.717, 1.165) is 16.6 Å². The summed E-state index contributed by atoms with van der Waals surface area (Å²) in [6.07, 6.45) is 1.58. The summed E-state index contributed by atoms with van der Waals surface area (Å²) in [5.74, 6) is 0.201. The molecule has 0 aliphatic rings. The molecule has 1 aromatic heterocycles. The van der Waals surface area contributed by atoms with Crippen molar-refractivity contribution in [3.05, 3.63) is 95.3 Å². The smallest absolute Gasteiger partial charge is 0.273 e. The van der Waals surface area contributed by atoms with Gasteiger partial charge < -0.3 is 4.74 Å². The number of ether oxygens (including phenoxy) is 1. The molecular weight excluding hydrogens is 362 g/mol. The molecule has 6 heteroatoms. The van der Waals surface area contributed by atoms with Gasteiger partial charge in [0.05, 0.1) is 16.6 Å². The van der Waals surface area contributed by atoms with E-state index in [9.17, 15) is 4.79 Å². The van der Waals surface area contributed by atoms with Gasteiger partial charge in [0.25, 0.3) is 5.91 Å². The third-order valence-electron chi connectivity index (χ3n) is 4.15. The van der Waals surface area contributed by atoms with Crippen LogP contribution in [-0.2, 0) is 6.61 Å². The molecule has 0 spiro atoms. The van der Waals surface area contributed by atoms with Crippen LogP contribution in [0, 0.1) is 0 Å². The molecule has 1 heterocycles. The van der Waals surface area contributed by atoms with Crippen molar-refractivity contribution >= 4 is 28.5 Å². The van der Waals surface area contributed by atoms with Gasteiger partial charge in [0.1, 0.15) is 18.7 Å². The van der Waals surface area contributed by atoms with Crippen molar-refractivity contribution in [1.29, 1.82) is 0 Å². The quantitative estimate of drug-likeness (QED) is 0.550. The number of rotatable bonds is 5. The molecule has 5 nitrogen and oxygen atoms in total. The van der Waals surface area contributed by atoms with Gasteiger partial charge in [-0.3, -0.25) is 10.2 Å². The van der Waals surface area contributed by atoms with Crippen molar-refractivity contribution in [2.24, 2.45) is 0 Å². The van der Waals surface area contributed by atoms with Crippen LogP contribution in [-0.4, -0.2) is 15.6 Å². The van der Waals surface area contributed by atoms with Crippen LogP contribution in [0.1, 0.15) is 15.9 Å². The molecule has 4 aromatic rings. The zero-order valence-corrected chi connectivity index (χ0v) is 15.1. The van der Waals surface area contributed by atoms with Crippen LogP contribution in [0.4, 0.5) is 0 Å². The van der Waals surface area contributed by atoms with Gasteiger partial charge in [0, 0.05) is 10.6 Å². The predicted molar refractivity (Wildman–Crippen MR) is 106 cm³/mol. The number of halogens is 1. The number of nitrogens with one attached hydrogen (secondary N) is 1. The van der Waals surface area contributed by atoms with Crippen molar-refractivity contribution in [3.63, 3.8) is 0 Å². The van der Waals surface area contributed by atoms with Crippen LogP contribution in [0.5, 0.6) is 5.75 Å². The summed E-state index contributed by atoms with van der Waals surface area (Å²) in [4.78, 5) is 17.1. The van der Waals surface area contributed by atoms with Gasteiger partial charge in [-0.25, -0.2) is 9.66 Å². The molecule has 0 atom stereocenters. The molecule has 0 aliphatic carbocycles. The minimum atomic E-state index is -0.284. The van der Waals surface area contributed by atoms with E-state index in [-0.39, 0.29) is 12.5 Å². The van der Waals surface area contributed by atoms with Crippen LogP contribution in [0.3, 0.4) is 0 Å². The number of nitrogens with zero attached hydrogens (tertiary/aromatic N) is 2. The van der Waals surface area contributed by atoms with Crippen molar-refractivity contribution in [2.75, 3.05) is 5.43 Å². The highest BCUT2D eigenvalue weighted by Gasteiger charge is 2.14. The summed E-state index contributed by atoms with van der Waals surface area (Å²) in [5.41, 5.74) is 5.76. The molecule has 0 fully saturated rings. The van der Waals surface area contributed by atoms with Gasteiger partial charge in [-0.2, -0.15) is 0 Å². The van der Waals surface area contributed by atoms with Gasteiger partial charge in [0.15, 0.2) is 0 Å². The molecular formula is C21H16ClN3O2. The minimum absolute atomic E-state index is 0.276. The fourth-order valence-corrected chi connectivity index (χ4v) is 2.96. The maximum absolute atomic E-state index is 12.8. The van der Waals surface area contributed by atoms with Crippen LogP contribution in [0.15, 0.2) is 79.1 Å². The summed E-state index contributed by atoms with van der Waals surface area (Å²) < 4.78 is 7.46. The van der Waals surface area contributed by atoms with Crippen molar-refractivity contribution < 1.29 is 9.53 Å². The van der Waals surface area contributed by atoms with Gasteiger partial charge in [-0.15, -0.1) is 0 Å². The van der Waals surface area contributed by atoms with Crippen molar-refractivity contribution in [1.82, 2.24) is 9.66 Å². The summed E-state index contributed by atoms with van der Waals surface area (Å²) in [6, 6.07) is 22.1. The van der Waals surface area contributed by atoms with Crippen LogP contribution >= 0.6 is 11.6 Å². The SMILES string of the molecule is O=C(Nn1cnc2ccccc21)c1ccccc1OCc1ccccc1Cl. The fourth-order valence-electron chi connectivity index (χ4n) is 2.77. The topological polar surface area (TPSA) is 56.2 Å². The monoisotopic (exact) mass is 377 g/mol. The highest BCUT2D eigenvalue weighted by molar-refractivity contribution is 6.31. The van der Waals surface area contributed by atoms with E-state index in [0.29, 0.717) is 16.3 Å². The zero-order chi connectivity index (χ0) is 18.6. The Labute approximate surface area is 161 Å². The predicted octanol–water partition coefficient (Wildman–Crippen LogP) is 4.65. The number of fused-ring (bicyclic) bond motifs is 1. The normalized spacial score (nSPS) is 10.7. The summed E-state index contributed by atoms with van der Waals surface area (Å²) in [6.45, 7) is 0.276. The molecule has 0 unspecified atom stereocenters. The third-order valence-corrected chi connectivity index (χ3v) is 4.52. The Balaban J connectivity index is 1.55. The zero-order valence-electron chi connectivity index (χ0n) is 14.3. The molecule has 0 saturated heterocycles. The van der Waals surface area contributed by atoms with Gasteiger partial charge in [-0.1, -0.05) is 54.1 Å². The first-order valence-electron chi connectivity index (χ1n) is 8.41. The first kappa shape index (κ1) is 17.1. The molecule has 27 heavy (non-hydrogen) atoms. The molecule has 1 amide bonds. The maximum Gasteiger partial charge on any atom is 0.273 e. The lowest BCUT2D eigenvalue weighted by molar-refractivity contribution is 0.100. The Kier molecular flexibility index (Phi) is 4.77. The largest absolute Gasteiger partial charge is 0.488 e. The third kappa shape index (κ3) is 3.64. The number of hydrogen-bond donors (Lipinski definition) is 1. The first-order valence-corrected chi connectivity index (χ1v) is 8.79. The molecule has 134 valence electrons. The Bertz CT molecular complexity index is 1110. The number of hydrogen-bond acceptors (Lipinski definition) is 3. The Hall–Kier alpha value is -3.31. The first-order chi connectivity index (χ1) is 13.2. The van der Waals surface area contributed by atoms with E-state index >= 15 is 0 Å². The lowest BCUT2D eigenvalue weighted by atomic mass is 10.2. The number of para-hydroxylation sites is 3.